The topological polar surface area (TPSA) is 38.3 Å². The molecule has 0 fully saturated rings. The third-order valence-electron chi connectivity index (χ3n) is 4.42. The summed E-state index contributed by atoms with van der Waals surface area (Å²) in [5.41, 5.74) is 5.84. The van der Waals surface area contributed by atoms with Crippen LogP contribution >= 0.6 is 0 Å². The summed E-state index contributed by atoms with van der Waals surface area (Å²) >= 11 is 0. The molecule has 0 aliphatic heterocycles. The number of carbonyl (C=O) groups excluding carboxylic acids is 1. The lowest BCUT2D eigenvalue weighted by Gasteiger charge is -2.16. The molecule has 128 valence electrons. The second-order valence-electron chi connectivity index (χ2n) is 6.00. The molecule has 0 atom stereocenters. The highest BCUT2D eigenvalue weighted by molar-refractivity contribution is 5.78. The van der Waals surface area contributed by atoms with Crippen LogP contribution in [0.5, 0.6) is 5.75 Å². The zero-order valence-electron chi connectivity index (χ0n) is 15.1. The maximum atomic E-state index is 11.7. The molecule has 1 N–H and O–H groups in total. The van der Waals surface area contributed by atoms with Crippen LogP contribution in [-0.4, -0.2) is 13.0 Å². The number of hydrogen-bond donors (Lipinski definition) is 1. The molecule has 2 rings (SSSR count). The summed E-state index contributed by atoms with van der Waals surface area (Å²) in [6, 6.07) is 12.5. The van der Waals surface area contributed by atoms with Crippen molar-refractivity contribution >= 4 is 5.91 Å². The predicted octanol–water partition coefficient (Wildman–Crippen LogP) is 3.99. The molecule has 0 aromatic heterocycles. The number of hydrogen-bond acceptors (Lipinski definition) is 2. The summed E-state index contributed by atoms with van der Waals surface area (Å²) in [5.74, 6) is 0.951. The molecule has 2 aromatic rings. The molecule has 0 aliphatic carbocycles. The van der Waals surface area contributed by atoms with Crippen LogP contribution in [0.25, 0.3) is 0 Å². The maximum Gasteiger partial charge on any atom is 0.224 e. The molecule has 24 heavy (non-hydrogen) atoms. The van der Waals surface area contributed by atoms with Crippen LogP contribution in [0.3, 0.4) is 0 Å². The quantitative estimate of drug-likeness (QED) is 0.836. The van der Waals surface area contributed by atoms with E-state index in [1.807, 2.05) is 12.1 Å². The van der Waals surface area contributed by atoms with E-state index in [1.165, 1.54) is 11.1 Å². The second-order valence-corrected chi connectivity index (χ2v) is 6.00. The van der Waals surface area contributed by atoms with Gasteiger partial charge in [0.05, 0.1) is 6.42 Å². The average molecular weight is 325 g/mol. The van der Waals surface area contributed by atoms with Gasteiger partial charge >= 0.3 is 0 Å². The highest BCUT2D eigenvalue weighted by atomic mass is 16.5. The summed E-state index contributed by atoms with van der Waals surface area (Å²) in [5, 5.41) is 2.69. The van der Waals surface area contributed by atoms with Crippen molar-refractivity contribution in [3.05, 3.63) is 64.2 Å². The molecule has 2 aromatic carbocycles. The van der Waals surface area contributed by atoms with E-state index >= 15 is 0 Å². The Morgan fingerprint density at radius 3 is 2.54 bits per heavy atom. The van der Waals surface area contributed by atoms with E-state index in [0.29, 0.717) is 13.0 Å². The molecule has 0 heterocycles. The average Bonchev–Trinajstić information content (AvgIpc) is 2.61. The summed E-state index contributed by atoms with van der Waals surface area (Å²) in [6.45, 7) is 6.85. The summed E-state index contributed by atoms with van der Waals surface area (Å²) in [7, 11) is 1.66. The molecular weight excluding hydrogens is 298 g/mol. The standard InChI is InChI=1S/C21H27NO2/c1-5-16-10-11-20(17(6-2)12-16)24-14-19-15(3)8-7-9-18(19)13-21(23)22-4/h7-12H,5-6,13-14H2,1-4H3,(H,22,23). The SMILES string of the molecule is CCc1ccc(OCc2c(C)cccc2CC(=O)NC)c(CC)c1. The van der Waals surface area contributed by atoms with E-state index in [0.717, 1.165) is 35.3 Å². The molecular formula is C21H27NO2. The fourth-order valence-electron chi connectivity index (χ4n) is 2.82. The first-order valence-corrected chi connectivity index (χ1v) is 8.61. The van der Waals surface area contributed by atoms with E-state index in [9.17, 15) is 4.79 Å². The first kappa shape index (κ1) is 18.1. The first-order valence-electron chi connectivity index (χ1n) is 8.61. The van der Waals surface area contributed by atoms with Crippen LogP contribution in [0.1, 0.15) is 41.7 Å². The molecule has 0 radical (unpaired) electrons. The van der Waals surface area contributed by atoms with Gasteiger partial charge in [-0.3, -0.25) is 4.79 Å². The Morgan fingerprint density at radius 2 is 1.88 bits per heavy atom. The van der Waals surface area contributed by atoms with Crippen molar-refractivity contribution < 1.29 is 9.53 Å². The van der Waals surface area contributed by atoms with Gasteiger partial charge in [0, 0.05) is 7.05 Å². The van der Waals surface area contributed by atoms with Crippen LogP contribution in [0.4, 0.5) is 0 Å². The monoisotopic (exact) mass is 325 g/mol. The van der Waals surface area contributed by atoms with Crippen molar-refractivity contribution in [2.45, 2.75) is 46.6 Å². The largest absolute Gasteiger partial charge is 0.489 e. The van der Waals surface area contributed by atoms with Crippen molar-refractivity contribution in [1.82, 2.24) is 5.32 Å². The van der Waals surface area contributed by atoms with Gasteiger partial charge in [0.25, 0.3) is 0 Å². The Kier molecular flexibility index (Phi) is 6.42. The second kappa shape index (κ2) is 8.53. The first-order chi connectivity index (χ1) is 11.6. The molecule has 0 bridgehead atoms. The number of likely N-dealkylation sites (N-methyl/N-ethyl adjacent to an activating group) is 1. The van der Waals surface area contributed by atoms with Gasteiger partial charge in [0.2, 0.25) is 5.91 Å². The molecule has 3 nitrogen and oxygen atoms in total. The van der Waals surface area contributed by atoms with Gasteiger partial charge in [-0.05, 0) is 53.6 Å². The van der Waals surface area contributed by atoms with Crippen LogP contribution in [0.15, 0.2) is 36.4 Å². The zero-order chi connectivity index (χ0) is 17.5. The lowest BCUT2D eigenvalue weighted by Crippen LogP contribution is -2.21. The van der Waals surface area contributed by atoms with Gasteiger partial charge < -0.3 is 10.1 Å². The van der Waals surface area contributed by atoms with E-state index in [4.69, 9.17) is 4.74 Å². The minimum Gasteiger partial charge on any atom is -0.489 e. The van der Waals surface area contributed by atoms with Gasteiger partial charge in [-0.1, -0.05) is 44.2 Å². The molecule has 0 unspecified atom stereocenters. The van der Waals surface area contributed by atoms with Gasteiger partial charge in [-0.2, -0.15) is 0 Å². The number of nitrogens with one attached hydrogen (secondary N) is 1. The van der Waals surface area contributed by atoms with Crippen molar-refractivity contribution in [1.29, 1.82) is 0 Å². The van der Waals surface area contributed by atoms with Crippen molar-refractivity contribution in [3.63, 3.8) is 0 Å². The Balaban J connectivity index is 2.21. The van der Waals surface area contributed by atoms with E-state index in [-0.39, 0.29) is 5.91 Å². The molecule has 3 heteroatoms. The van der Waals surface area contributed by atoms with E-state index in [1.54, 1.807) is 7.05 Å². The third kappa shape index (κ3) is 4.38. The number of aryl methyl sites for hydroxylation is 3. The van der Waals surface area contributed by atoms with Crippen LogP contribution in [-0.2, 0) is 30.7 Å². The number of rotatable bonds is 7. The summed E-state index contributed by atoms with van der Waals surface area (Å²) in [4.78, 5) is 11.7. The molecule has 0 saturated heterocycles. The number of carbonyl (C=O) groups is 1. The minimum absolute atomic E-state index is 0.0170. The van der Waals surface area contributed by atoms with Crippen LogP contribution < -0.4 is 10.1 Å². The minimum atomic E-state index is 0.0170. The highest BCUT2D eigenvalue weighted by Crippen LogP contribution is 2.24. The Labute approximate surface area is 145 Å². The molecule has 1 amide bonds. The van der Waals surface area contributed by atoms with Gasteiger partial charge in [0.15, 0.2) is 0 Å². The van der Waals surface area contributed by atoms with E-state index < -0.39 is 0 Å². The fourth-order valence-corrected chi connectivity index (χ4v) is 2.82. The summed E-state index contributed by atoms with van der Waals surface area (Å²) < 4.78 is 6.12. The number of ether oxygens (including phenoxy) is 1. The number of amides is 1. The van der Waals surface area contributed by atoms with E-state index in [2.05, 4.69) is 50.4 Å². The summed E-state index contributed by atoms with van der Waals surface area (Å²) in [6.07, 6.45) is 2.36. The van der Waals surface area contributed by atoms with Gasteiger partial charge in [0.1, 0.15) is 12.4 Å². The lowest BCUT2D eigenvalue weighted by molar-refractivity contribution is -0.119. The van der Waals surface area contributed by atoms with Crippen molar-refractivity contribution in [2.75, 3.05) is 7.05 Å². The smallest absolute Gasteiger partial charge is 0.224 e. The predicted molar refractivity (Wildman–Crippen MR) is 98.5 cm³/mol. The highest BCUT2D eigenvalue weighted by Gasteiger charge is 2.11. The number of benzene rings is 2. The Bertz CT molecular complexity index is 707. The molecule has 0 spiro atoms. The van der Waals surface area contributed by atoms with Gasteiger partial charge in [-0.15, -0.1) is 0 Å². The van der Waals surface area contributed by atoms with Gasteiger partial charge in [-0.25, -0.2) is 0 Å². The Hall–Kier alpha value is -2.29. The normalized spacial score (nSPS) is 10.5. The fraction of sp³-hybridized carbons (Fsp3) is 0.381. The molecule has 0 saturated carbocycles. The third-order valence-corrected chi connectivity index (χ3v) is 4.42. The maximum absolute atomic E-state index is 11.7. The lowest BCUT2D eigenvalue weighted by atomic mass is 9.99. The van der Waals surface area contributed by atoms with Crippen LogP contribution in [0, 0.1) is 6.92 Å². The molecule has 0 aliphatic rings. The van der Waals surface area contributed by atoms with Crippen LogP contribution in [0.2, 0.25) is 0 Å². The van der Waals surface area contributed by atoms with Crippen molar-refractivity contribution in [2.24, 2.45) is 0 Å². The van der Waals surface area contributed by atoms with Crippen molar-refractivity contribution in [3.8, 4) is 5.75 Å². The Morgan fingerprint density at radius 1 is 1.08 bits per heavy atom. The zero-order valence-corrected chi connectivity index (χ0v) is 15.1.